The molecule has 1 aromatic rings. The van der Waals surface area contributed by atoms with E-state index >= 15 is 0 Å². The van der Waals surface area contributed by atoms with E-state index in [4.69, 9.17) is 4.74 Å². The van der Waals surface area contributed by atoms with E-state index in [-0.39, 0.29) is 5.97 Å². The molecule has 1 aromatic carbocycles. The van der Waals surface area contributed by atoms with Crippen molar-refractivity contribution in [3.63, 3.8) is 0 Å². The third-order valence-corrected chi connectivity index (χ3v) is 20.6. The van der Waals surface area contributed by atoms with Gasteiger partial charge in [-0.1, -0.05) is 0 Å². The molecule has 21 heavy (non-hydrogen) atoms. The Morgan fingerprint density at radius 1 is 1.24 bits per heavy atom. The molecule has 1 aliphatic carbocycles. The molecule has 1 unspecified atom stereocenters. The molecule has 1 aliphatic heterocycles. The van der Waals surface area contributed by atoms with Crippen molar-refractivity contribution in [2.24, 2.45) is 0 Å². The van der Waals surface area contributed by atoms with E-state index < -0.39 is 39.6 Å². The summed E-state index contributed by atoms with van der Waals surface area (Å²) in [6.45, 7) is 0. The van der Waals surface area contributed by atoms with E-state index in [9.17, 15) is 4.79 Å². The van der Waals surface area contributed by atoms with E-state index in [0.717, 1.165) is 15.9 Å². The molecular formula is C17H24I2O2. The van der Waals surface area contributed by atoms with Crippen LogP contribution in [0.1, 0.15) is 38.3 Å². The van der Waals surface area contributed by atoms with Crippen molar-refractivity contribution < 1.29 is 9.53 Å². The van der Waals surface area contributed by atoms with E-state index in [1.54, 1.807) is 23.3 Å². The number of halogens is 2. The Morgan fingerprint density at radius 3 is 2.71 bits per heavy atom. The van der Waals surface area contributed by atoms with Crippen LogP contribution in [0.2, 0.25) is 0 Å². The van der Waals surface area contributed by atoms with Crippen molar-refractivity contribution in [2.45, 2.75) is 23.2 Å². The van der Waals surface area contributed by atoms with Gasteiger partial charge in [-0.3, -0.25) is 0 Å². The quantitative estimate of drug-likeness (QED) is 0.330. The standard InChI is InChI=1S/C17H24I2O2/c1-18-8-10-19(11-9-18)16-5-3-4-13-12-14(17(20)21-2)6-7-15(13)16/h6-7,12,16H,3-5,8-11H2,1-2H3. The molecule has 0 aromatic heterocycles. The molecule has 0 N–H and O–H groups in total. The van der Waals surface area contributed by atoms with Crippen molar-refractivity contribution in [3.8, 4) is 0 Å². The summed E-state index contributed by atoms with van der Waals surface area (Å²) < 4.78 is 12.2. The molecule has 0 amide bonds. The van der Waals surface area contributed by atoms with Gasteiger partial charge in [0.2, 0.25) is 0 Å². The van der Waals surface area contributed by atoms with Gasteiger partial charge in [-0.2, -0.15) is 0 Å². The Hall–Kier alpha value is 0.150. The zero-order valence-corrected chi connectivity index (χ0v) is 17.1. The van der Waals surface area contributed by atoms with E-state index in [0.29, 0.717) is 0 Å². The Labute approximate surface area is 142 Å². The minimum absolute atomic E-state index is 0.197. The Morgan fingerprint density at radius 2 is 2.00 bits per heavy atom. The second kappa shape index (κ2) is 7.15. The van der Waals surface area contributed by atoms with Crippen LogP contribution >= 0.6 is 39.6 Å². The van der Waals surface area contributed by atoms with Gasteiger partial charge < -0.3 is 0 Å². The zero-order valence-electron chi connectivity index (χ0n) is 12.8. The summed E-state index contributed by atoms with van der Waals surface area (Å²) in [5.41, 5.74) is 3.76. The first kappa shape index (κ1) is 16.0. The van der Waals surface area contributed by atoms with Gasteiger partial charge >= 0.3 is 143 Å². The fraction of sp³-hybridized carbons (Fsp3) is 0.588. The van der Waals surface area contributed by atoms with Crippen molar-refractivity contribution >= 4 is 45.6 Å². The van der Waals surface area contributed by atoms with Crippen LogP contribution in [0.5, 0.6) is 0 Å². The van der Waals surface area contributed by atoms with Crippen molar-refractivity contribution in [2.75, 3.05) is 29.8 Å². The first-order chi connectivity index (χ1) is 10.2. The van der Waals surface area contributed by atoms with Crippen molar-refractivity contribution in [1.82, 2.24) is 0 Å². The predicted octanol–water partition coefficient (Wildman–Crippen LogP) is 4.51. The molecule has 2 nitrogen and oxygen atoms in total. The Balaban J connectivity index is 1.83. The summed E-state index contributed by atoms with van der Waals surface area (Å²) in [5.74, 6) is -0.197. The van der Waals surface area contributed by atoms with Crippen LogP contribution in [0.25, 0.3) is 0 Å². The maximum atomic E-state index is 11.7. The second-order valence-electron chi connectivity index (χ2n) is 5.74. The Bertz CT molecular complexity index is 522. The number of aryl methyl sites for hydroxylation is 1. The molecule has 4 heteroatoms. The van der Waals surface area contributed by atoms with Gasteiger partial charge in [0.1, 0.15) is 0 Å². The molecular weight excluding hydrogens is 490 g/mol. The van der Waals surface area contributed by atoms with Crippen LogP contribution in [0, 0.1) is 0 Å². The van der Waals surface area contributed by atoms with Crippen molar-refractivity contribution in [3.05, 3.63) is 34.9 Å². The molecule has 3 rings (SSSR count). The Kier molecular flexibility index (Phi) is 5.45. The van der Waals surface area contributed by atoms with Crippen LogP contribution in [0.4, 0.5) is 0 Å². The topological polar surface area (TPSA) is 26.3 Å². The van der Waals surface area contributed by atoms with Crippen LogP contribution in [0.3, 0.4) is 0 Å². The number of ether oxygens (including phenoxy) is 1. The number of alkyl halides is 6. The van der Waals surface area contributed by atoms with Gasteiger partial charge in [-0.15, -0.1) is 0 Å². The van der Waals surface area contributed by atoms with E-state index in [2.05, 4.69) is 17.1 Å². The average Bonchev–Trinajstić information content (AvgIpc) is 2.54. The molecule has 118 valence electrons. The number of methoxy groups -OCH3 is 1. The third-order valence-electron chi connectivity index (χ3n) is 4.45. The second-order valence-corrected chi connectivity index (χ2v) is 18.5. The summed E-state index contributed by atoms with van der Waals surface area (Å²) >= 11 is -1.28. The normalized spacial score (nSPS) is 25.3. The van der Waals surface area contributed by atoms with Crippen molar-refractivity contribution in [1.29, 1.82) is 0 Å². The third kappa shape index (κ3) is 3.57. The molecule has 1 fully saturated rings. The van der Waals surface area contributed by atoms with Crippen LogP contribution in [-0.2, 0) is 11.2 Å². The van der Waals surface area contributed by atoms with Gasteiger partial charge in [0, 0.05) is 0 Å². The summed E-state index contributed by atoms with van der Waals surface area (Å²) in [7, 11) is 1.46. The number of hydrogen-bond donors (Lipinski definition) is 0. The molecule has 0 bridgehead atoms. The summed E-state index contributed by atoms with van der Waals surface area (Å²) in [6.07, 6.45) is 3.87. The van der Waals surface area contributed by atoms with Gasteiger partial charge in [-0.05, 0) is 0 Å². The van der Waals surface area contributed by atoms with E-state index in [1.807, 2.05) is 6.07 Å². The number of benzene rings is 1. The monoisotopic (exact) mass is 514 g/mol. The predicted molar refractivity (Wildman–Crippen MR) is 107 cm³/mol. The molecule has 1 heterocycles. The first-order valence-electron chi connectivity index (χ1n) is 7.52. The SMILES string of the molecule is COC(=O)c1ccc2c(c1)CCCC2I1CCI(C)CC1. The van der Waals surface area contributed by atoms with Gasteiger partial charge in [0.15, 0.2) is 0 Å². The molecule has 1 saturated heterocycles. The van der Waals surface area contributed by atoms with Gasteiger partial charge in [-0.25, -0.2) is 0 Å². The number of hydrogen-bond acceptors (Lipinski definition) is 2. The fourth-order valence-corrected chi connectivity index (χ4v) is 27.5. The molecule has 0 saturated carbocycles. The number of carbonyl (C=O) groups excluding carboxylic acids is 1. The number of carbonyl (C=O) groups is 1. The molecule has 0 radical (unpaired) electrons. The fourth-order valence-electron chi connectivity index (χ4n) is 3.20. The molecule has 2 aliphatic rings. The zero-order chi connectivity index (χ0) is 14.8. The minimum atomic E-state index is -0.799. The van der Waals surface area contributed by atoms with Gasteiger partial charge in [0.25, 0.3) is 0 Å². The van der Waals surface area contributed by atoms with E-state index in [1.165, 1.54) is 25.5 Å². The number of rotatable bonds is 2. The maximum absolute atomic E-state index is 11.7. The average molecular weight is 514 g/mol. The molecule has 1 atom stereocenters. The summed E-state index contributed by atoms with van der Waals surface area (Å²) in [4.78, 5) is 14.3. The van der Waals surface area contributed by atoms with Gasteiger partial charge in [0.05, 0.1) is 0 Å². The number of esters is 1. The number of fused-ring (bicyclic) bond motifs is 1. The molecule has 0 spiro atoms. The van der Waals surface area contributed by atoms with Crippen LogP contribution in [-0.4, -0.2) is 35.7 Å². The van der Waals surface area contributed by atoms with Crippen LogP contribution < -0.4 is 0 Å². The van der Waals surface area contributed by atoms with Crippen LogP contribution in [0.15, 0.2) is 18.2 Å². The first-order valence-corrected chi connectivity index (χ1v) is 17.0. The summed E-state index contributed by atoms with van der Waals surface area (Å²) in [5, 5.41) is 0. The summed E-state index contributed by atoms with van der Waals surface area (Å²) in [6, 6.07) is 6.34.